The summed E-state index contributed by atoms with van der Waals surface area (Å²) in [6.45, 7) is 5.29. The van der Waals surface area contributed by atoms with Crippen molar-refractivity contribution >= 4 is 12.0 Å². The van der Waals surface area contributed by atoms with Gasteiger partial charge in [0, 0.05) is 49.7 Å². The highest BCUT2D eigenvalue weighted by Crippen LogP contribution is 2.05. The molecule has 1 N–H and O–H groups in total. The highest BCUT2D eigenvalue weighted by Gasteiger charge is 2.04. The molecule has 0 aromatic carbocycles. The summed E-state index contributed by atoms with van der Waals surface area (Å²) in [4.78, 5) is 11.7. The third-order valence-electron chi connectivity index (χ3n) is 2.98. The van der Waals surface area contributed by atoms with Crippen molar-refractivity contribution in [2.24, 2.45) is 7.05 Å². The van der Waals surface area contributed by atoms with Crippen LogP contribution in [0.4, 0.5) is 0 Å². The lowest BCUT2D eigenvalue weighted by Crippen LogP contribution is -2.20. The molecule has 2 heterocycles. The third-order valence-corrected chi connectivity index (χ3v) is 2.98. The van der Waals surface area contributed by atoms with Crippen LogP contribution in [0.15, 0.2) is 24.7 Å². The molecule has 106 valence electrons. The molecule has 2 rings (SSSR count). The van der Waals surface area contributed by atoms with Crippen LogP contribution in [0, 0.1) is 6.92 Å². The lowest BCUT2D eigenvalue weighted by molar-refractivity contribution is -0.116. The second-order valence-electron chi connectivity index (χ2n) is 4.59. The molecular weight excluding hydrogens is 254 g/mol. The van der Waals surface area contributed by atoms with Crippen molar-refractivity contribution in [1.82, 2.24) is 24.9 Å². The fourth-order valence-corrected chi connectivity index (χ4v) is 1.83. The van der Waals surface area contributed by atoms with Crippen LogP contribution in [0.25, 0.3) is 6.08 Å². The minimum Gasteiger partial charge on any atom is -0.348 e. The lowest BCUT2D eigenvalue weighted by atomic mass is 10.2. The first-order valence-corrected chi connectivity index (χ1v) is 6.56. The second kappa shape index (κ2) is 6.18. The van der Waals surface area contributed by atoms with E-state index < -0.39 is 0 Å². The number of hydrogen-bond acceptors (Lipinski definition) is 3. The Morgan fingerprint density at radius 2 is 2.25 bits per heavy atom. The summed E-state index contributed by atoms with van der Waals surface area (Å²) in [6, 6.07) is 0. The van der Waals surface area contributed by atoms with Gasteiger partial charge >= 0.3 is 0 Å². The normalized spacial score (nSPS) is 11.2. The summed E-state index contributed by atoms with van der Waals surface area (Å²) >= 11 is 0. The summed E-state index contributed by atoms with van der Waals surface area (Å²) in [7, 11) is 1.84. The average molecular weight is 273 g/mol. The smallest absolute Gasteiger partial charge is 0.244 e. The quantitative estimate of drug-likeness (QED) is 0.834. The van der Waals surface area contributed by atoms with Gasteiger partial charge < -0.3 is 5.32 Å². The van der Waals surface area contributed by atoms with Gasteiger partial charge in [-0.1, -0.05) is 0 Å². The van der Waals surface area contributed by atoms with Gasteiger partial charge in [0.1, 0.15) is 0 Å². The fourth-order valence-electron chi connectivity index (χ4n) is 1.83. The molecule has 2 aromatic heterocycles. The van der Waals surface area contributed by atoms with E-state index in [0.717, 1.165) is 23.4 Å². The summed E-state index contributed by atoms with van der Waals surface area (Å²) in [5.74, 6) is -0.127. The largest absolute Gasteiger partial charge is 0.348 e. The predicted octanol–water partition coefficient (Wildman–Crippen LogP) is 1.27. The van der Waals surface area contributed by atoms with Gasteiger partial charge in [0.25, 0.3) is 0 Å². The van der Waals surface area contributed by atoms with Crippen molar-refractivity contribution in [3.63, 3.8) is 0 Å². The van der Waals surface area contributed by atoms with Crippen LogP contribution in [0.1, 0.15) is 23.7 Å². The Kier molecular flexibility index (Phi) is 4.34. The summed E-state index contributed by atoms with van der Waals surface area (Å²) in [5.41, 5.74) is 2.89. The number of rotatable bonds is 5. The Hall–Kier alpha value is -2.37. The maximum absolute atomic E-state index is 11.7. The number of carbonyl (C=O) groups is 1. The SMILES string of the molecule is CCn1cc(CNC(=O)/C=C/c2cnn(C)c2)c(C)n1. The van der Waals surface area contributed by atoms with E-state index in [0.29, 0.717) is 6.54 Å². The Morgan fingerprint density at radius 3 is 2.85 bits per heavy atom. The van der Waals surface area contributed by atoms with Gasteiger partial charge in [0.2, 0.25) is 5.91 Å². The molecule has 0 bridgehead atoms. The number of amides is 1. The van der Waals surface area contributed by atoms with Gasteiger partial charge in [-0.25, -0.2) is 0 Å². The van der Waals surface area contributed by atoms with E-state index in [1.54, 1.807) is 17.0 Å². The van der Waals surface area contributed by atoms with Crippen LogP contribution in [0.5, 0.6) is 0 Å². The van der Waals surface area contributed by atoms with Crippen LogP contribution in [-0.4, -0.2) is 25.5 Å². The van der Waals surface area contributed by atoms with Gasteiger partial charge in [0.05, 0.1) is 11.9 Å². The number of aromatic nitrogens is 4. The van der Waals surface area contributed by atoms with Crippen LogP contribution < -0.4 is 5.32 Å². The maximum atomic E-state index is 11.7. The van der Waals surface area contributed by atoms with Crippen molar-refractivity contribution in [3.05, 3.63) is 41.5 Å². The predicted molar refractivity (Wildman–Crippen MR) is 76.7 cm³/mol. The maximum Gasteiger partial charge on any atom is 0.244 e. The van der Waals surface area contributed by atoms with Crippen molar-refractivity contribution in [1.29, 1.82) is 0 Å². The first kappa shape index (κ1) is 14.0. The molecule has 6 nitrogen and oxygen atoms in total. The molecule has 1 amide bonds. The van der Waals surface area contributed by atoms with Gasteiger partial charge in [-0.15, -0.1) is 0 Å². The monoisotopic (exact) mass is 273 g/mol. The van der Waals surface area contributed by atoms with E-state index in [-0.39, 0.29) is 5.91 Å². The Labute approximate surface area is 118 Å². The number of nitrogens with zero attached hydrogens (tertiary/aromatic N) is 4. The van der Waals surface area contributed by atoms with E-state index in [2.05, 4.69) is 15.5 Å². The van der Waals surface area contributed by atoms with Crippen molar-refractivity contribution in [2.45, 2.75) is 26.9 Å². The van der Waals surface area contributed by atoms with Gasteiger partial charge in [0.15, 0.2) is 0 Å². The third kappa shape index (κ3) is 3.57. The highest BCUT2D eigenvalue weighted by molar-refractivity contribution is 5.91. The van der Waals surface area contributed by atoms with E-state index >= 15 is 0 Å². The first-order chi connectivity index (χ1) is 9.58. The zero-order chi connectivity index (χ0) is 14.5. The molecule has 0 radical (unpaired) electrons. The van der Waals surface area contributed by atoms with Crippen LogP contribution in [0.2, 0.25) is 0 Å². The topological polar surface area (TPSA) is 64.7 Å². The van der Waals surface area contributed by atoms with E-state index in [1.807, 2.05) is 38.0 Å². The minimum absolute atomic E-state index is 0.127. The van der Waals surface area contributed by atoms with E-state index in [9.17, 15) is 4.79 Å². The summed E-state index contributed by atoms with van der Waals surface area (Å²) < 4.78 is 3.56. The molecule has 0 unspecified atom stereocenters. The molecule has 0 aliphatic carbocycles. The Bertz CT molecular complexity index is 623. The molecule has 0 atom stereocenters. The molecule has 0 saturated carbocycles. The molecule has 20 heavy (non-hydrogen) atoms. The molecule has 0 fully saturated rings. The fraction of sp³-hybridized carbons (Fsp3) is 0.357. The Balaban J connectivity index is 1.88. The second-order valence-corrected chi connectivity index (χ2v) is 4.59. The average Bonchev–Trinajstić information content (AvgIpc) is 3.00. The number of carbonyl (C=O) groups excluding carboxylic acids is 1. The first-order valence-electron chi connectivity index (χ1n) is 6.56. The molecule has 6 heteroatoms. The molecule has 2 aromatic rings. The summed E-state index contributed by atoms with van der Waals surface area (Å²) in [6.07, 6.45) is 8.76. The summed E-state index contributed by atoms with van der Waals surface area (Å²) in [5, 5.41) is 11.2. The van der Waals surface area contributed by atoms with Crippen molar-refractivity contribution < 1.29 is 4.79 Å². The molecule has 0 spiro atoms. The Morgan fingerprint density at radius 1 is 1.45 bits per heavy atom. The lowest BCUT2D eigenvalue weighted by Gasteiger charge is -2.00. The standard InChI is InChI=1S/C14H19N5O/c1-4-19-10-13(11(2)17-19)8-15-14(20)6-5-12-7-16-18(3)9-12/h5-7,9-10H,4,8H2,1-3H3,(H,15,20)/b6-5+. The number of nitrogens with one attached hydrogen (secondary N) is 1. The zero-order valence-corrected chi connectivity index (χ0v) is 12.0. The van der Waals surface area contributed by atoms with Crippen LogP contribution >= 0.6 is 0 Å². The minimum atomic E-state index is -0.127. The molecular formula is C14H19N5O. The molecule has 0 saturated heterocycles. The molecule has 0 aliphatic rings. The highest BCUT2D eigenvalue weighted by atomic mass is 16.1. The van der Waals surface area contributed by atoms with Gasteiger partial charge in [-0.2, -0.15) is 10.2 Å². The zero-order valence-electron chi connectivity index (χ0n) is 12.0. The molecule has 0 aliphatic heterocycles. The number of hydrogen-bond donors (Lipinski definition) is 1. The van der Waals surface area contributed by atoms with Crippen molar-refractivity contribution in [3.8, 4) is 0 Å². The van der Waals surface area contributed by atoms with Gasteiger partial charge in [-0.3, -0.25) is 14.2 Å². The van der Waals surface area contributed by atoms with Crippen LogP contribution in [0.3, 0.4) is 0 Å². The van der Waals surface area contributed by atoms with E-state index in [4.69, 9.17) is 0 Å². The number of aryl methyl sites for hydroxylation is 3. The van der Waals surface area contributed by atoms with Crippen molar-refractivity contribution in [2.75, 3.05) is 0 Å². The van der Waals surface area contributed by atoms with Crippen LogP contribution in [-0.2, 0) is 24.9 Å². The van der Waals surface area contributed by atoms with E-state index in [1.165, 1.54) is 6.08 Å². The van der Waals surface area contributed by atoms with Gasteiger partial charge in [-0.05, 0) is 19.9 Å².